The Kier molecular flexibility index (Phi) is 7.89. The van der Waals surface area contributed by atoms with Crippen molar-refractivity contribution in [3.63, 3.8) is 0 Å². The summed E-state index contributed by atoms with van der Waals surface area (Å²) in [6.07, 6.45) is 0. The van der Waals surface area contributed by atoms with Crippen molar-refractivity contribution in [2.45, 2.75) is 0 Å². The van der Waals surface area contributed by atoms with Crippen LogP contribution in [0.3, 0.4) is 0 Å². The number of hydrogen-bond donors (Lipinski definition) is 0. The van der Waals surface area contributed by atoms with Crippen LogP contribution in [-0.4, -0.2) is 27.2 Å². The Bertz CT molecular complexity index is 3670. The molecule has 5 heteroatoms. The molecule has 294 valence electrons. The fourth-order valence-electron chi connectivity index (χ4n) is 10.6. The molecule has 13 rings (SSSR count). The van der Waals surface area contributed by atoms with Gasteiger partial charge in [0, 0.05) is 54.8 Å². The number of aromatic nitrogens is 4. The molecule has 63 heavy (non-hydrogen) atoms. The first-order valence-corrected chi connectivity index (χ1v) is 23.6. The van der Waals surface area contributed by atoms with Gasteiger partial charge < -0.3 is 9.13 Å². The summed E-state index contributed by atoms with van der Waals surface area (Å²) in [7, 11) is -2.87. The molecule has 0 bridgehead atoms. The smallest absolute Gasteiger partial charge is 0.185 e. The highest BCUT2D eigenvalue weighted by Gasteiger charge is 2.51. The van der Waals surface area contributed by atoms with Gasteiger partial charge in [-0.15, -0.1) is 0 Å². The van der Waals surface area contributed by atoms with E-state index in [4.69, 9.17) is 9.97 Å². The average Bonchev–Trinajstić information content (AvgIpc) is 3.99. The van der Waals surface area contributed by atoms with Gasteiger partial charge in [0.2, 0.25) is 0 Å². The summed E-state index contributed by atoms with van der Waals surface area (Å²) in [5.41, 5.74) is 12.2. The Morgan fingerprint density at radius 1 is 0.333 bits per heavy atom. The Hall–Kier alpha value is -8.12. The second-order valence-corrected chi connectivity index (χ2v) is 20.2. The molecule has 0 saturated heterocycles. The van der Waals surface area contributed by atoms with E-state index in [1.165, 1.54) is 64.4 Å². The summed E-state index contributed by atoms with van der Waals surface area (Å²) in [4.78, 5) is 11.2. The van der Waals surface area contributed by atoms with Crippen molar-refractivity contribution in [3.8, 4) is 45.3 Å². The van der Waals surface area contributed by atoms with Crippen molar-refractivity contribution < 1.29 is 0 Å². The average molecular weight is 819 g/mol. The third-order valence-corrected chi connectivity index (χ3v) is 18.1. The Morgan fingerprint density at radius 3 is 1.38 bits per heavy atom. The van der Waals surface area contributed by atoms with Crippen molar-refractivity contribution in [1.82, 2.24) is 19.1 Å². The molecule has 0 atom stereocenters. The molecule has 4 nitrogen and oxygen atoms in total. The van der Waals surface area contributed by atoms with E-state index >= 15 is 0 Å². The minimum absolute atomic E-state index is 0.716. The summed E-state index contributed by atoms with van der Waals surface area (Å²) >= 11 is 0. The van der Waals surface area contributed by atoms with Crippen molar-refractivity contribution >= 4 is 72.4 Å². The lowest BCUT2D eigenvalue weighted by Gasteiger charge is -2.32. The molecule has 0 N–H and O–H groups in total. The molecule has 0 unspecified atom stereocenters. The maximum Gasteiger partial charge on any atom is 0.185 e. The maximum absolute atomic E-state index is 5.63. The molecule has 0 fully saturated rings. The first-order valence-electron chi connectivity index (χ1n) is 21.6. The topological polar surface area (TPSA) is 35.6 Å². The molecule has 3 aromatic heterocycles. The molecule has 0 saturated carbocycles. The molecular formula is C58H38N4Si. The molecular weight excluding hydrogens is 781 g/mol. The monoisotopic (exact) mass is 818 g/mol. The van der Waals surface area contributed by atoms with Crippen molar-refractivity contribution in [2.24, 2.45) is 0 Å². The van der Waals surface area contributed by atoms with Gasteiger partial charge in [0.25, 0.3) is 0 Å². The number of fused-ring (bicyclic) bond motifs is 10. The van der Waals surface area contributed by atoms with Gasteiger partial charge in [-0.3, -0.25) is 0 Å². The van der Waals surface area contributed by atoms with E-state index in [0.717, 1.165) is 39.4 Å². The normalized spacial score (nSPS) is 12.9. The van der Waals surface area contributed by atoms with E-state index in [1.807, 2.05) is 0 Å². The van der Waals surface area contributed by atoms with Crippen molar-refractivity contribution in [2.75, 3.05) is 0 Å². The minimum Gasteiger partial charge on any atom is -0.307 e. The number of para-hydroxylation sites is 3. The first kappa shape index (κ1) is 35.6. The van der Waals surface area contributed by atoms with Crippen molar-refractivity contribution in [3.05, 3.63) is 231 Å². The minimum atomic E-state index is -2.87. The highest BCUT2D eigenvalue weighted by Crippen LogP contribution is 2.42. The number of hydrogen-bond acceptors (Lipinski definition) is 2. The van der Waals surface area contributed by atoms with Crippen molar-refractivity contribution in [1.29, 1.82) is 0 Å². The third-order valence-electron chi connectivity index (χ3n) is 13.2. The van der Waals surface area contributed by atoms with Gasteiger partial charge >= 0.3 is 0 Å². The van der Waals surface area contributed by atoms with Crippen LogP contribution >= 0.6 is 0 Å². The van der Waals surface area contributed by atoms with Gasteiger partial charge in [0.1, 0.15) is 0 Å². The van der Waals surface area contributed by atoms with Crippen LogP contribution in [0.1, 0.15) is 0 Å². The lowest BCUT2D eigenvalue weighted by molar-refractivity contribution is 1.15. The standard InChI is InChI=1S/C58H38N4Si/c1-5-19-39(20-6-1)53-57-54(49-29-15-18-32-52(49)63(57,43-23-9-3-10-24-43)44-25-11-4-12-26-44)60-58(59-53)40-33-35-42(36-34-40)62-51-31-17-14-28-46(51)48-38-37-47-45-27-13-16-30-50(45)61(55(47)56(48)62)41-21-7-2-8-22-41/h1-38H. The Balaban J connectivity index is 1.06. The maximum atomic E-state index is 5.63. The van der Waals surface area contributed by atoms with E-state index in [0.29, 0.717) is 5.82 Å². The molecule has 12 aromatic rings. The Morgan fingerprint density at radius 2 is 0.794 bits per heavy atom. The van der Waals surface area contributed by atoms with Crippen LogP contribution in [0.15, 0.2) is 231 Å². The number of nitrogens with zero attached hydrogens (tertiary/aromatic N) is 4. The van der Waals surface area contributed by atoms with Crippen LogP contribution in [0.2, 0.25) is 0 Å². The summed E-state index contributed by atoms with van der Waals surface area (Å²) in [6, 6.07) is 83.7. The molecule has 0 radical (unpaired) electrons. The fourth-order valence-corrected chi connectivity index (χ4v) is 15.9. The molecule has 4 heterocycles. The van der Waals surface area contributed by atoms with Crippen LogP contribution in [0.4, 0.5) is 0 Å². The molecule has 0 spiro atoms. The molecule has 0 aliphatic carbocycles. The van der Waals surface area contributed by atoms with Crippen LogP contribution in [-0.2, 0) is 0 Å². The van der Waals surface area contributed by atoms with Gasteiger partial charge in [0.05, 0.1) is 33.5 Å². The molecule has 0 amide bonds. The van der Waals surface area contributed by atoms with Crippen LogP contribution in [0.25, 0.3) is 88.9 Å². The predicted molar refractivity (Wildman–Crippen MR) is 264 cm³/mol. The zero-order valence-corrected chi connectivity index (χ0v) is 35.2. The van der Waals surface area contributed by atoms with Gasteiger partial charge in [-0.1, -0.05) is 182 Å². The molecule has 1 aliphatic rings. The van der Waals surface area contributed by atoms with E-state index in [9.17, 15) is 0 Å². The Labute approximate surface area is 365 Å². The quantitative estimate of drug-likeness (QED) is 0.157. The summed E-state index contributed by atoms with van der Waals surface area (Å²) < 4.78 is 4.89. The first-order chi connectivity index (χ1) is 31.3. The second-order valence-electron chi connectivity index (χ2n) is 16.5. The molecule has 1 aliphatic heterocycles. The van der Waals surface area contributed by atoms with Gasteiger partial charge in [-0.2, -0.15) is 0 Å². The molecule has 9 aromatic carbocycles. The SMILES string of the molecule is c1ccc(-c2nc(-c3ccc(-n4c5ccccc5c5ccc6c7ccccc7n(-c7ccccc7)c6c54)cc3)nc3c2[Si](c2ccccc2)(c2ccccc2)c2ccccc2-3)cc1. The predicted octanol–water partition coefficient (Wildman–Crippen LogP) is 11.4. The summed E-state index contributed by atoms with van der Waals surface area (Å²) in [5.74, 6) is 0.716. The highest BCUT2D eigenvalue weighted by atomic mass is 28.3. The largest absolute Gasteiger partial charge is 0.307 e. The fraction of sp³-hybridized carbons (Fsp3) is 0. The van der Waals surface area contributed by atoms with E-state index in [2.05, 4.69) is 240 Å². The third kappa shape index (κ3) is 5.14. The zero-order chi connectivity index (χ0) is 41.5. The van der Waals surface area contributed by atoms with Crippen LogP contribution in [0, 0.1) is 0 Å². The summed E-state index contributed by atoms with van der Waals surface area (Å²) in [6.45, 7) is 0. The zero-order valence-electron chi connectivity index (χ0n) is 34.2. The second kappa shape index (κ2) is 14.0. The van der Waals surface area contributed by atoms with E-state index in [1.54, 1.807) is 0 Å². The van der Waals surface area contributed by atoms with Gasteiger partial charge in [-0.25, -0.2) is 9.97 Å². The van der Waals surface area contributed by atoms with E-state index in [-0.39, 0.29) is 0 Å². The van der Waals surface area contributed by atoms with E-state index < -0.39 is 8.07 Å². The van der Waals surface area contributed by atoms with Gasteiger partial charge in [-0.05, 0) is 64.1 Å². The summed E-state index contributed by atoms with van der Waals surface area (Å²) in [5, 5.41) is 10.2. The number of benzene rings is 9. The van der Waals surface area contributed by atoms with Crippen LogP contribution < -0.4 is 20.7 Å². The number of rotatable bonds is 6. The lowest BCUT2D eigenvalue weighted by Crippen LogP contribution is -2.73. The van der Waals surface area contributed by atoms with Gasteiger partial charge in [0.15, 0.2) is 13.9 Å². The highest BCUT2D eigenvalue weighted by molar-refractivity contribution is 7.22. The lowest BCUT2D eigenvalue weighted by atomic mass is 10.1. The van der Waals surface area contributed by atoms with Crippen LogP contribution in [0.5, 0.6) is 0 Å².